The third-order valence-electron chi connectivity index (χ3n) is 5.20. The van der Waals surface area contributed by atoms with Gasteiger partial charge in [0.1, 0.15) is 11.9 Å². The van der Waals surface area contributed by atoms with Gasteiger partial charge in [0.2, 0.25) is 0 Å². The van der Waals surface area contributed by atoms with Crippen LogP contribution < -0.4 is 14.4 Å². The number of nitrogens with one attached hydrogen (secondary N) is 1. The molecule has 2 atom stereocenters. The lowest BCUT2D eigenvalue weighted by atomic mass is 10.1. The Balaban J connectivity index is 1.77. The van der Waals surface area contributed by atoms with E-state index in [0.717, 1.165) is 4.31 Å². The second-order valence-corrected chi connectivity index (χ2v) is 10.5. The number of fused-ring (bicyclic) bond motifs is 1. The maximum atomic E-state index is 13.6. The molecular formula is C22H18Cl3N3O5S. The Labute approximate surface area is 211 Å². The molecule has 178 valence electrons. The van der Waals surface area contributed by atoms with Crippen LogP contribution in [0.15, 0.2) is 59.5 Å². The minimum absolute atomic E-state index is 0.0456. The topological polar surface area (TPSA) is 109 Å². The number of pyridine rings is 1. The third-order valence-corrected chi connectivity index (χ3v) is 7.94. The van der Waals surface area contributed by atoms with E-state index in [4.69, 9.17) is 39.5 Å². The zero-order valence-electron chi connectivity index (χ0n) is 17.6. The lowest BCUT2D eigenvalue weighted by Crippen LogP contribution is -2.52. The van der Waals surface area contributed by atoms with Gasteiger partial charge in [-0.15, -0.1) is 0 Å². The largest absolute Gasteiger partial charge is 0.482 e. The number of carbonyl (C=O) groups is 1. The molecule has 12 heteroatoms. The number of aliphatic hydroxyl groups excluding tert-OH is 1. The Morgan fingerprint density at radius 1 is 1.12 bits per heavy atom. The average molecular weight is 543 g/mol. The van der Waals surface area contributed by atoms with Crippen LogP contribution in [0.1, 0.15) is 17.3 Å². The summed E-state index contributed by atoms with van der Waals surface area (Å²) in [5, 5.41) is 12.9. The van der Waals surface area contributed by atoms with Gasteiger partial charge in [-0.25, -0.2) is 17.7 Å². The van der Waals surface area contributed by atoms with Crippen LogP contribution in [0.5, 0.6) is 5.75 Å². The van der Waals surface area contributed by atoms with Gasteiger partial charge in [-0.1, -0.05) is 46.9 Å². The minimum atomic E-state index is -4.16. The first kappa shape index (κ1) is 24.6. The highest BCUT2D eigenvalue weighted by Gasteiger charge is 2.41. The first-order chi connectivity index (χ1) is 16.1. The highest BCUT2D eigenvalue weighted by molar-refractivity contribution is 7.92. The molecule has 1 amide bonds. The summed E-state index contributed by atoms with van der Waals surface area (Å²) in [6, 6.07) is 12.5. The first-order valence-electron chi connectivity index (χ1n) is 9.97. The Morgan fingerprint density at radius 3 is 2.44 bits per heavy atom. The van der Waals surface area contributed by atoms with Crippen LogP contribution >= 0.6 is 34.8 Å². The molecule has 8 nitrogen and oxygen atoms in total. The van der Waals surface area contributed by atoms with Gasteiger partial charge >= 0.3 is 0 Å². The zero-order chi connectivity index (χ0) is 24.6. The van der Waals surface area contributed by atoms with Crippen LogP contribution in [0.3, 0.4) is 0 Å². The van der Waals surface area contributed by atoms with Crippen molar-refractivity contribution in [3.05, 3.63) is 75.2 Å². The molecule has 2 aromatic carbocycles. The van der Waals surface area contributed by atoms with Crippen LogP contribution in [-0.2, 0) is 10.0 Å². The number of aliphatic hydroxyl groups is 1. The molecule has 0 unspecified atom stereocenters. The number of hydrogen-bond donors (Lipinski definition) is 2. The lowest BCUT2D eigenvalue weighted by molar-refractivity contribution is 0.0917. The minimum Gasteiger partial charge on any atom is -0.482 e. The second kappa shape index (κ2) is 9.59. The van der Waals surface area contributed by atoms with E-state index in [1.54, 1.807) is 19.1 Å². The molecule has 0 aliphatic carbocycles. The SMILES string of the molecule is C[C@H]1[C@H](CO)Oc2ccc(NC(=O)c3c(Cl)cccc3Cl)nc2N1S(=O)(=O)c1cccc(Cl)c1. The Morgan fingerprint density at radius 2 is 1.79 bits per heavy atom. The van der Waals surface area contributed by atoms with Crippen LogP contribution in [0.25, 0.3) is 0 Å². The number of benzene rings is 2. The molecule has 0 spiro atoms. The molecule has 3 aromatic rings. The number of amides is 1. The van der Waals surface area contributed by atoms with Crippen molar-refractivity contribution in [1.82, 2.24) is 4.98 Å². The summed E-state index contributed by atoms with van der Waals surface area (Å²) in [6.07, 6.45) is -0.842. The normalized spacial score (nSPS) is 17.6. The maximum Gasteiger partial charge on any atom is 0.266 e. The third kappa shape index (κ3) is 4.54. The molecule has 0 fully saturated rings. The number of hydrogen-bond acceptors (Lipinski definition) is 6. The molecule has 2 N–H and O–H groups in total. The molecule has 2 heterocycles. The number of ether oxygens (including phenoxy) is 1. The molecule has 1 aliphatic rings. The van der Waals surface area contributed by atoms with Crippen molar-refractivity contribution in [3.8, 4) is 5.75 Å². The fourth-order valence-electron chi connectivity index (χ4n) is 3.52. The van der Waals surface area contributed by atoms with Gasteiger partial charge in [-0.2, -0.15) is 0 Å². The first-order valence-corrected chi connectivity index (χ1v) is 12.5. The van der Waals surface area contributed by atoms with Crippen molar-refractivity contribution < 1.29 is 23.1 Å². The van der Waals surface area contributed by atoms with Crippen LogP contribution in [-0.4, -0.2) is 43.2 Å². The molecule has 4 rings (SSSR count). The van der Waals surface area contributed by atoms with E-state index in [9.17, 15) is 18.3 Å². The second-order valence-electron chi connectivity index (χ2n) is 7.41. The highest BCUT2D eigenvalue weighted by atomic mass is 35.5. The van der Waals surface area contributed by atoms with Crippen LogP contribution in [0.2, 0.25) is 15.1 Å². The van der Waals surface area contributed by atoms with Gasteiger partial charge in [0.15, 0.2) is 11.6 Å². The fourth-order valence-corrected chi connectivity index (χ4v) is 6.03. The highest BCUT2D eigenvalue weighted by Crippen LogP contribution is 2.39. The summed E-state index contributed by atoms with van der Waals surface area (Å²) in [7, 11) is -4.16. The van der Waals surface area contributed by atoms with Crippen molar-refractivity contribution in [2.75, 3.05) is 16.2 Å². The molecular weight excluding hydrogens is 525 g/mol. The molecule has 0 saturated carbocycles. The number of anilines is 2. The van der Waals surface area contributed by atoms with E-state index < -0.39 is 34.7 Å². The van der Waals surface area contributed by atoms with Gasteiger partial charge in [0.25, 0.3) is 15.9 Å². The molecule has 1 aliphatic heterocycles. The van der Waals surface area contributed by atoms with Gasteiger partial charge in [-0.3, -0.25) is 4.79 Å². The molecule has 0 radical (unpaired) electrons. The summed E-state index contributed by atoms with van der Waals surface area (Å²) in [4.78, 5) is 17.1. The van der Waals surface area contributed by atoms with Gasteiger partial charge < -0.3 is 15.2 Å². The Kier molecular flexibility index (Phi) is 6.93. The van der Waals surface area contributed by atoms with Gasteiger partial charge in [0, 0.05) is 5.02 Å². The summed E-state index contributed by atoms with van der Waals surface area (Å²) < 4.78 is 34.0. The van der Waals surface area contributed by atoms with E-state index in [1.807, 2.05) is 0 Å². The van der Waals surface area contributed by atoms with Crippen molar-refractivity contribution in [2.24, 2.45) is 0 Å². The predicted molar refractivity (Wildman–Crippen MR) is 131 cm³/mol. The van der Waals surface area contributed by atoms with Crippen molar-refractivity contribution in [2.45, 2.75) is 24.0 Å². The smallest absolute Gasteiger partial charge is 0.266 e. The fraction of sp³-hybridized carbons (Fsp3) is 0.182. The lowest BCUT2D eigenvalue weighted by Gasteiger charge is -2.39. The van der Waals surface area contributed by atoms with Crippen molar-refractivity contribution >= 4 is 62.4 Å². The van der Waals surface area contributed by atoms with E-state index in [1.165, 1.54) is 42.5 Å². The summed E-state index contributed by atoms with van der Waals surface area (Å²) in [5.74, 6) is -0.508. The van der Waals surface area contributed by atoms with Crippen LogP contribution in [0, 0.1) is 0 Å². The quantitative estimate of drug-likeness (QED) is 0.487. The number of nitrogens with zero attached hydrogens (tertiary/aromatic N) is 2. The number of halogens is 3. The number of aromatic nitrogens is 1. The molecule has 0 bridgehead atoms. The standard InChI is InChI=1S/C22H18Cl3N3O5S/c1-12-18(11-29)33-17-8-9-19(27-22(30)20-15(24)6-3-7-16(20)25)26-21(17)28(12)34(31,32)14-5-2-4-13(23)10-14/h2-10,12,18,29H,11H2,1H3,(H,26,27,30)/t12-,18-/m0/s1. The summed E-state index contributed by atoms with van der Waals surface area (Å²) >= 11 is 18.2. The number of rotatable bonds is 5. The monoisotopic (exact) mass is 541 g/mol. The predicted octanol–water partition coefficient (Wildman–Crippen LogP) is 4.63. The number of carbonyl (C=O) groups excluding carboxylic acids is 1. The maximum absolute atomic E-state index is 13.6. The number of sulfonamides is 1. The van der Waals surface area contributed by atoms with Crippen molar-refractivity contribution in [3.63, 3.8) is 0 Å². The van der Waals surface area contributed by atoms with Crippen LogP contribution in [0.4, 0.5) is 11.6 Å². The average Bonchev–Trinajstić information content (AvgIpc) is 2.78. The molecule has 0 saturated heterocycles. The van der Waals surface area contributed by atoms with E-state index >= 15 is 0 Å². The summed E-state index contributed by atoms with van der Waals surface area (Å²) in [6.45, 7) is 1.16. The zero-order valence-corrected chi connectivity index (χ0v) is 20.7. The van der Waals surface area contributed by atoms with Crippen molar-refractivity contribution in [1.29, 1.82) is 0 Å². The van der Waals surface area contributed by atoms with Gasteiger partial charge in [0.05, 0.1) is 33.2 Å². The van der Waals surface area contributed by atoms with E-state index in [2.05, 4.69) is 10.3 Å². The Hall–Kier alpha value is -2.56. The molecule has 34 heavy (non-hydrogen) atoms. The van der Waals surface area contributed by atoms with E-state index in [-0.39, 0.29) is 42.9 Å². The van der Waals surface area contributed by atoms with Gasteiger partial charge in [-0.05, 0) is 49.4 Å². The van der Waals surface area contributed by atoms with E-state index in [0.29, 0.717) is 0 Å². The molecule has 1 aromatic heterocycles. The summed E-state index contributed by atoms with van der Waals surface area (Å²) in [5.41, 5.74) is 0.0544. The Bertz CT molecular complexity index is 1350.